The van der Waals surface area contributed by atoms with Crippen LogP contribution in [0.5, 0.6) is 0 Å². The van der Waals surface area contributed by atoms with Crippen LogP contribution < -0.4 is 5.32 Å². The number of aliphatic hydroxyl groups is 1. The van der Waals surface area contributed by atoms with Crippen LogP contribution in [0.1, 0.15) is 29.8 Å². The maximum Gasteiger partial charge on any atom is 0.338 e. The zero-order chi connectivity index (χ0) is 24.4. The summed E-state index contributed by atoms with van der Waals surface area (Å²) in [5, 5.41) is 16.8. The van der Waals surface area contributed by atoms with Gasteiger partial charge in [-0.3, -0.25) is 9.59 Å². The number of ether oxygens (including phenoxy) is 4. The van der Waals surface area contributed by atoms with Crippen LogP contribution in [0.2, 0.25) is 0 Å². The molecule has 5 atom stereocenters. The molecule has 0 saturated carbocycles. The van der Waals surface area contributed by atoms with Gasteiger partial charge in [0.25, 0.3) is 0 Å². The van der Waals surface area contributed by atoms with Gasteiger partial charge in [-0.05, 0) is 17.2 Å². The van der Waals surface area contributed by atoms with Crippen molar-refractivity contribution in [2.75, 3.05) is 13.2 Å². The normalized spacial score (nSPS) is 24.2. The molecule has 178 valence electrons. The lowest BCUT2D eigenvalue weighted by molar-refractivity contribution is -0.270. The third-order valence-corrected chi connectivity index (χ3v) is 4.64. The maximum absolute atomic E-state index is 12.6. The summed E-state index contributed by atoms with van der Waals surface area (Å²) in [4.78, 5) is 38.6. The van der Waals surface area contributed by atoms with Crippen molar-refractivity contribution in [1.82, 2.24) is 5.32 Å². The standard InChI is InChI=1S/C21H26N4O8/c1-4-9-30-21-17(24-12(2)26)19(32-13(3)27)18(28)16(33-21)11-31-20(29)15-8-6-5-7-14(15)10-23-25-22/h4-8,16-19,21,28H,1,9-11H2,2-3H3,(H,24,26)/t16-,17-,18-,19-,21+/m1/s1. The van der Waals surface area contributed by atoms with E-state index in [9.17, 15) is 19.5 Å². The van der Waals surface area contributed by atoms with Gasteiger partial charge in [0.2, 0.25) is 5.91 Å². The lowest BCUT2D eigenvalue weighted by Crippen LogP contribution is -2.65. The Balaban J connectivity index is 2.20. The van der Waals surface area contributed by atoms with Crippen LogP contribution in [0.4, 0.5) is 0 Å². The van der Waals surface area contributed by atoms with Crippen LogP contribution in [-0.4, -0.2) is 66.8 Å². The minimum atomic E-state index is -1.44. The molecule has 1 aromatic carbocycles. The molecule has 1 aromatic rings. The molecule has 12 heteroatoms. The van der Waals surface area contributed by atoms with E-state index in [1.165, 1.54) is 19.1 Å². The van der Waals surface area contributed by atoms with Crippen LogP contribution in [0.25, 0.3) is 10.4 Å². The molecule has 1 aliphatic rings. The first-order chi connectivity index (χ1) is 15.8. The van der Waals surface area contributed by atoms with E-state index in [1.54, 1.807) is 18.2 Å². The molecule has 2 rings (SSSR count). The lowest BCUT2D eigenvalue weighted by atomic mass is 9.96. The molecular formula is C21H26N4O8. The van der Waals surface area contributed by atoms with Gasteiger partial charge in [-0.25, -0.2) is 4.79 Å². The monoisotopic (exact) mass is 462 g/mol. The summed E-state index contributed by atoms with van der Waals surface area (Å²) in [6.45, 7) is 5.55. The molecule has 33 heavy (non-hydrogen) atoms. The van der Waals surface area contributed by atoms with Crippen molar-refractivity contribution >= 4 is 17.8 Å². The van der Waals surface area contributed by atoms with Crippen molar-refractivity contribution in [2.24, 2.45) is 5.11 Å². The smallest absolute Gasteiger partial charge is 0.338 e. The van der Waals surface area contributed by atoms with Crippen molar-refractivity contribution in [2.45, 2.75) is 51.0 Å². The molecule has 0 aromatic heterocycles. The zero-order valence-electron chi connectivity index (χ0n) is 18.2. The average Bonchev–Trinajstić information content (AvgIpc) is 2.78. The number of azide groups is 1. The third kappa shape index (κ3) is 7.29. The molecule has 0 spiro atoms. The molecule has 0 bridgehead atoms. The van der Waals surface area contributed by atoms with Crippen LogP contribution in [0, 0.1) is 0 Å². The fraction of sp³-hybridized carbons (Fsp3) is 0.476. The van der Waals surface area contributed by atoms with Crippen LogP contribution in [-0.2, 0) is 35.1 Å². The number of carbonyl (C=O) groups excluding carboxylic acids is 3. The molecule has 1 heterocycles. The van der Waals surface area contributed by atoms with Crippen molar-refractivity contribution in [3.05, 3.63) is 58.5 Å². The van der Waals surface area contributed by atoms with Crippen molar-refractivity contribution in [3.8, 4) is 0 Å². The summed E-state index contributed by atoms with van der Waals surface area (Å²) in [6, 6.07) is 5.41. The summed E-state index contributed by atoms with van der Waals surface area (Å²) < 4.78 is 21.8. The van der Waals surface area contributed by atoms with E-state index in [2.05, 4.69) is 21.9 Å². The van der Waals surface area contributed by atoms with Crippen molar-refractivity contribution in [3.63, 3.8) is 0 Å². The Labute approximate surface area is 190 Å². The number of nitrogens with one attached hydrogen (secondary N) is 1. The SMILES string of the molecule is C=CCO[C@H]1O[C@H](COC(=O)c2ccccc2CN=[N+]=[N-])[C@@H](O)[C@H](OC(C)=O)[C@H]1NC(C)=O. The van der Waals surface area contributed by atoms with Gasteiger partial charge in [-0.2, -0.15) is 0 Å². The van der Waals surface area contributed by atoms with E-state index >= 15 is 0 Å². The number of hydrogen-bond acceptors (Lipinski definition) is 9. The average molecular weight is 462 g/mol. The lowest BCUT2D eigenvalue weighted by Gasteiger charge is -2.43. The van der Waals surface area contributed by atoms with Gasteiger partial charge >= 0.3 is 11.9 Å². The maximum atomic E-state index is 12.6. The fourth-order valence-corrected chi connectivity index (χ4v) is 3.28. The highest BCUT2D eigenvalue weighted by molar-refractivity contribution is 5.91. The van der Waals surface area contributed by atoms with Gasteiger partial charge in [-0.1, -0.05) is 29.4 Å². The Kier molecular flexibility index (Phi) is 9.83. The predicted molar refractivity (Wildman–Crippen MR) is 114 cm³/mol. The quantitative estimate of drug-likeness (QED) is 0.173. The van der Waals surface area contributed by atoms with Crippen LogP contribution >= 0.6 is 0 Å². The van der Waals surface area contributed by atoms with Crippen molar-refractivity contribution in [1.29, 1.82) is 0 Å². The summed E-state index contributed by atoms with van der Waals surface area (Å²) in [6.07, 6.45) is -3.48. The minimum absolute atomic E-state index is 0.0446. The van der Waals surface area contributed by atoms with E-state index in [0.717, 1.165) is 6.92 Å². The first-order valence-electron chi connectivity index (χ1n) is 10.0. The molecule has 2 N–H and O–H groups in total. The van der Waals surface area contributed by atoms with E-state index < -0.39 is 55.1 Å². The number of nitrogens with zero attached hydrogens (tertiary/aromatic N) is 3. The number of esters is 2. The molecule has 1 fully saturated rings. The van der Waals surface area contributed by atoms with Crippen molar-refractivity contribution < 1.29 is 38.4 Å². The van der Waals surface area contributed by atoms with E-state index in [0.29, 0.717) is 5.56 Å². The van der Waals surface area contributed by atoms with Gasteiger partial charge in [0.15, 0.2) is 12.4 Å². The second kappa shape index (κ2) is 12.6. The van der Waals surface area contributed by atoms with Crippen LogP contribution in [0.15, 0.2) is 42.0 Å². The summed E-state index contributed by atoms with van der Waals surface area (Å²) in [7, 11) is 0. The van der Waals surface area contributed by atoms with Gasteiger partial charge in [0, 0.05) is 18.8 Å². The Morgan fingerprint density at radius 1 is 1.33 bits per heavy atom. The topological polar surface area (TPSA) is 169 Å². The highest BCUT2D eigenvalue weighted by atomic mass is 16.7. The molecular weight excluding hydrogens is 436 g/mol. The molecule has 1 amide bonds. The van der Waals surface area contributed by atoms with Gasteiger partial charge in [0.1, 0.15) is 24.9 Å². The largest absolute Gasteiger partial charge is 0.459 e. The number of aliphatic hydroxyl groups excluding tert-OH is 1. The summed E-state index contributed by atoms with van der Waals surface area (Å²) >= 11 is 0. The molecule has 0 unspecified atom stereocenters. The molecule has 12 nitrogen and oxygen atoms in total. The van der Waals surface area contributed by atoms with E-state index in [4.69, 9.17) is 24.5 Å². The van der Waals surface area contributed by atoms with E-state index in [-0.39, 0.29) is 18.7 Å². The summed E-state index contributed by atoms with van der Waals surface area (Å²) in [5.41, 5.74) is 9.17. The number of rotatable bonds is 10. The number of hydrogen-bond donors (Lipinski definition) is 2. The Hall–Kier alpha value is -3.44. The highest BCUT2D eigenvalue weighted by Crippen LogP contribution is 2.26. The predicted octanol–water partition coefficient (Wildman–Crippen LogP) is 1.38. The van der Waals surface area contributed by atoms with Gasteiger partial charge in [0.05, 0.1) is 18.7 Å². The Morgan fingerprint density at radius 3 is 2.70 bits per heavy atom. The second-order valence-electron chi connectivity index (χ2n) is 7.10. The Bertz CT molecular complexity index is 917. The highest BCUT2D eigenvalue weighted by Gasteiger charge is 2.48. The first kappa shape index (κ1) is 25.8. The number of amides is 1. The Morgan fingerprint density at radius 2 is 2.06 bits per heavy atom. The molecule has 0 aliphatic carbocycles. The van der Waals surface area contributed by atoms with Gasteiger partial charge < -0.3 is 29.4 Å². The van der Waals surface area contributed by atoms with Gasteiger partial charge in [-0.15, -0.1) is 6.58 Å². The van der Waals surface area contributed by atoms with E-state index in [1.807, 2.05) is 0 Å². The molecule has 1 saturated heterocycles. The minimum Gasteiger partial charge on any atom is -0.459 e. The zero-order valence-corrected chi connectivity index (χ0v) is 18.2. The fourth-order valence-electron chi connectivity index (χ4n) is 3.28. The molecule has 0 radical (unpaired) electrons. The molecule has 1 aliphatic heterocycles. The second-order valence-corrected chi connectivity index (χ2v) is 7.10. The first-order valence-corrected chi connectivity index (χ1v) is 10.0. The number of benzene rings is 1. The number of carbonyl (C=O) groups is 3. The summed E-state index contributed by atoms with van der Waals surface area (Å²) in [5.74, 6) is -1.88. The third-order valence-electron chi connectivity index (χ3n) is 4.64. The van der Waals surface area contributed by atoms with Crippen LogP contribution in [0.3, 0.4) is 0 Å².